The first kappa shape index (κ1) is 9.03. The van der Waals surface area contributed by atoms with Gasteiger partial charge in [-0.15, -0.1) is 0 Å². The Hall–Kier alpha value is -1.06. The Morgan fingerprint density at radius 2 is 2.33 bits per heavy atom. The fraction of sp³-hybridized carbons (Fsp3) is 0.750. The number of nitrogens with zero attached hydrogens (tertiary/aromatic N) is 1. The van der Waals surface area contributed by atoms with Gasteiger partial charge in [0.15, 0.2) is 0 Å². The van der Waals surface area contributed by atoms with Crippen molar-refractivity contribution in [1.82, 2.24) is 4.90 Å². The Morgan fingerprint density at radius 3 is 2.67 bits per heavy atom. The summed E-state index contributed by atoms with van der Waals surface area (Å²) in [5, 5.41) is 8.68. The van der Waals surface area contributed by atoms with Crippen LogP contribution in [0.4, 0.5) is 0 Å². The number of hydrogen-bond acceptors (Lipinski definition) is 2. The normalized spacial score (nSPS) is 26.0. The molecule has 2 unspecified atom stereocenters. The van der Waals surface area contributed by atoms with Crippen LogP contribution in [0.25, 0.3) is 0 Å². The maximum Gasteiger partial charge on any atom is 0.307 e. The molecule has 0 aromatic rings. The first-order valence-electron chi connectivity index (χ1n) is 4.02. The second kappa shape index (κ2) is 3.13. The van der Waals surface area contributed by atoms with Gasteiger partial charge in [0, 0.05) is 13.6 Å². The molecule has 1 aliphatic heterocycles. The predicted molar refractivity (Wildman–Crippen MR) is 42.5 cm³/mol. The minimum atomic E-state index is -0.886. The molecule has 4 nitrogen and oxygen atoms in total. The van der Waals surface area contributed by atoms with E-state index in [9.17, 15) is 9.59 Å². The van der Waals surface area contributed by atoms with Gasteiger partial charge in [0.25, 0.3) is 0 Å². The van der Waals surface area contributed by atoms with Crippen LogP contribution in [0.1, 0.15) is 13.3 Å². The fourth-order valence-electron chi connectivity index (χ4n) is 1.49. The maximum atomic E-state index is 11.3. The van der Waals surface area contributed by atoms with Crippen molar-refractivity contribution in [2.45, 2.75) is 13.3 Å². The molecule has 1 heterocycles. The second-order valence-electron chi connectivity index (χ2n) is 3.28. The summed E-state index contributed by atoms with van der Waals surface area (Å²) in [6.07, 6.45) is 0.669. The molecule has 2 atom stereocenters. The van der Waals surface area contributed by atoms with Gasteiger partial charge in [0.05, 0.1) is 11.8 Å². The standard InChI is InChI=1S/C8H13NO3/c1-5(8(11)12)6-3-4-9(2)7(6)10/h5-6H,3-4H2,1-2H3,(H,11,12). The van der Waals surface area contributed by atoms with E-state index in [1.165, 1.54) is 0 Å². The topological polar surface area (TPSA) is 57.6 Å². The molecule has 1 N–H and O–H groups in total. The summed E-state index contributed by atoms with van der Waals surface area (Å²) < 4.78 is 0. The zero-order valence-corrected chi connectivity index (χ0v) is 7.28. The van der Waals surface area contributed by atoms with Gasteiger partial charge in [-0.05, 0) is 6.42 Å². The number of carbonyl (C=O) groups is 2. The first-order chi connectivity index (χ1) is 5.54. The third-order valence-corrected chi connectivity index (χ3v) is 2.46. The van der Waals surface area contributed by atoms with Crippen LogP contribution < -0.4 is 0 Å². The summed E-state index contributed by atoms with van der Waals surface area (Å²) in [6.45, 7) is 2.27. The summed E-state index contributed by atoms with van der Waals surface area (Å²) in [4.78, 5) is 23.5. The summed E-state index contributed by atoms with van der Waals surface area (Å²) >= 11 is 0. The van der Waals surface area contributed by atoms with E-state index in [-0.39, 0.29) is 11.8 Å². The number of hydrogen-bond donors (Lipinski definition) is 1. The number of carboxylic acids is 1. The molecule has 68 valence electrons. The highest BCUT2D eigenvalue weighted by Crippen LogP contribution is 2.24. The van der Waals surface area contributed by atoms with Crippen LogP contribution in [0.15, 0.2) is 0 Å². The van der Waals surface area contributed by atoms with Crippen molar-refractivity contribution in [3.05, 3.63) is 0 Å². The number of amides is 1. The molecule has 0 spiro atoms. The van der Waals surface area contributed by atoms with Crippen LogP contribution in [0.3, 0.4) is 0 Å². The molecule has 1 rings (SSSR count). The van der Waals surface area contributed by atoms with Crippen molar-refractivity contribution >= 4 is 11.9 Å². The lowest BCUT2D eigenvalue weighted by Gasteiger charge is -2.13. The maximum absolute atomic E-state index is 11.3. The molecule has 0 aromatic heterocycles. The quantitative estimate of drug-likeness (QED) is 0.645. The summed E-state index contributed by atoms with van der Waals surface area (Å²) in [5.41, 5.74) is 0. The molecule has 1 saturated heterocycles. The zero-order chi connectivity index (χ0) is 9.30. The Bertz CT molecular complexity index is 214. The monoisotopic (exact) mass is 171 g/mol. The highest BCUT2D eigenvalue weighted by molar-refractivity contribution is 5.85. The molecule has 0 saturated carbocycles. The summed E-state index contributed by atoms with van der Waals surface area (Å²) in [7, 11) is 1.71. The Morgan fingerprint density at radius 1 is 1.75 bits per heavy atom. The van der Waals surface area contributed by atoms with Crippen molar-refractivity contribution in [3.8, 4) is 0 Å². The van der Waals surface area contributed by atoms with E-state index in [1.54, 1.807) is 18.9 Å². The second-order valence-corrected chi connectivity index (χ2v) is 3.28. The minimum absolute atomic E-state index is 0.0371. The van der Waals surface area contributed by atoms with Gasteiger partial charge >= 0.3 is 5.97 Å². The van der Waals surface area contributed by atoms with E-state index in [0.717, 1.165) is 0 Å². The van der Waals surface area contributed by atoms with Gasteiger partial charge in [0.1, 0.15) is 0 Å². The number of rotatable bonds is 2. The molecule has 4 heteroatoms. The van der Waals surface area contributed by atoms with Gasteiger partial charge in [-0.3, -0.25) is 9.59 Å². The van der Waals surface area contributed by atoms with E-state index in [0.29, 0.717) is 13.0 Å². The van der Waals surface area contributed by atoms with Crippen LogP contribution in [-0.4, -0.2) is 35.5 Å². The highest BCUT2D eigenvalue weighted by atomic mass is 16.4. The molecule has 0 bridgehead atoms. The van der Waals surface area contributed by atoms with Gasteiger partial charge in [0.2, 0.25) is 5.91 Å². The molecule has 1 amide bonds. The lowest BCUT2D eigenvalue weighted by atomic mass is 9.93. The smallest absolute Gasteiger partial charge is 0.307 e. The summed E-state index contributed by atoms with van der Waals surface area (Å²) in [5.74, 6) is -1.79. The highest BCUT2D eigenvalue weighted by Gasteiger charge is 2.36. The molecule has 12 heavy (non-hydrogen) atoms. The van der Waals surface area contributed by atoms with Gasteiger partial charge < -0.3 is 10.0 Å². The van der Waals surface area contributed by atoms with Crippen LogP contribution in [-0.2, 0) is 9.59 Å². The summed E-state index contributed by atoms with van der Waals surface area (Å²) in [6, 6.07) is 0. The van der Waals surface area contributed by atoms with Crippen LogP contribution in [0.2, 0.25) is 0 Å². The lowest BCUT2D eigenvalue weighted by molar-refractivity contribution is -0.146. The van der Waals surface area contributed by atoms with E-state index in [1.807, 2.05) is 0 Å². The number of carboxylic acid groups (broad SMARTS) is 1. The van der Waals surface area contributed by atoms with Crippen LogP contribution in [0, 0.1) is 11.8 Å². The molecule has 0 radical (unpaired) electrons. The van der Waals surface area contributed by atoms with Gasteiger partial charge in [-0.1, -0.05) is 6.92 Å². The Kier molecular flexibility index (Phi) is 2.35. The van der Waals surface area contributed by atoms with Gasteiger partial charge in [-0.2, -0.15) is 0 Å². The van der Waals surface area contributed by atoms with E-state index >= 15 is 0 Å². The van der Waals surface area contributed by atoms with E-state index in [2.05, 4.69) is 0 Å². The SMILES string of the molecule is CC(C(=O)O)C1CCN(C)C1=O. The van der Waals surface area contributed by atoms with Crippen molar-refractivity contribution in [1.29, 1.82) is 0 Å². The van der Waals surface area contributed by atoms with Crippen molar-refractivity contribution in [3.63, 3.8) is 0 Å². The van der Waals surface area contributed by atoms with Crippen LogP contribution >= 0.6 is 0 Å². The molecule has 0 aliphatic carbocycles. The third-order valence-electron chi connectivity index (χ3n) is 2.46. The molecule has 0 aromatic carbocycles. The molecule has 1 fully saturated rings. The van der Waals surface area contributed by atoms with Crippen LogP contribution in [0.5, 0.6) is 0 Å². The third kappa shape index (κ3) is 1.42. The molecule has 1 aliphatic rings. The predicted octanol–water partition coefficient (Wildman–Crippen LogP) is 0.185. The number of aliphatic carboxylic acids is 1. The molecular formula is C8H13NO3. The minimum Gasteiger partial charge on any atom is -0.481 e. The van der Waals surface area contributed by atoms with E-state index in [4.69, 9.17) is 5.11 Å². The average molecular weight is 171 g/mol. The van der Waals surface area contributed by atoms with Crippen molar-refractivity contribution in [2.24, 2.45) is 11.8 Å². The first-order valence-corrected chi connectivity index (χ1v) is 4.02. The van der Waals surface area contributed by atoms with Crippen molar-refractivity contribution < 1.29 is 14.7 Å². The number of likely N-dealkylation sites (tertiary alicyclic amines) is 1. The zero-order valence-electron chi connectivity index (χ0n) is 7.28. The van der Waals surface area contributed by atoms with E-state index < -0.39 is 11.9 Å². The largest absolute Gasteiger partial charge is 0.481 e. The number of carbonyl (C=O) groups excluding carboxylic acids is 1. The fourth-order valence-corrected chi connectivity index (χ4v) is 1.49. The van der Waals surface area contributed by atoms with Gasteiger partial charge in [-0.25, -0.2) is 0 Å². The lowest BCUT2D eigenvalue weighted by Crippen LogP contribution is -2.29. The average Bonchev–Trinajstić information content (AvgIpc) is 2.32. The Labute approximate surface area is 71.2 Å². The van der Waals surface area contributed by atoms with Crippen molar-refractivity contribution in [2.75, 3.05) is 13.6 Å². The molecular weight excluding hydrogens is 158 g/mol. The Balaban J connectivity index is 2.65.